The standard InChI is InChI=1S/C18H21N5O2S/c1-11-16(26-10-20-11)9-25-13-3-4-15-14(7-13)17(23(2)22-15)18(24)21-12-5-6-19-8-12/h3-4,7,10,12,19H,5-6,8-9H2,1-2H3,(H,21,24). The summed E-state index contributed by atoms with van der Waals surface area (Å²) >= 11 is 1.58. The van der Waals surface area contributed by atoms with Crippen molar-refractivity contribution in [1.29, 1.82) is 0 Å². The number of hydrogen-bond donors (Lipinski definition) is 2. The van der Waals surface area contributed by atoms with Crippen LogP contribution in [0.25, 0.3) is 10.9 Å². The van der Waals surface area contributed by atoms with Crippen LogP contribution in [0.1, 0.15) is 27.5 Å². The van der Waals surface area contributed by atoms with Gasteiger partial charge in [-0.05, 0) is 38.1 Å². The predicted molar refractivity (Wildman–Crippen MR) is 101 cm³/mol. The van der Waals surface area contributed by atoms with Gasteiger partial charge in [-0.3, -0.25) is 9.48 Å². The van der Waals surface area contributed by atoms with Crippen LogP contribution in [0.2, 0.25) is 0 Å². The molecule has 1 saturated heterocycles. The van der Waals surface area contributed by atoms with Gasteiger partial charge in [-0.25, -0.2) is 4.98 Å². The molecule has 3 aromatic rings. The second-order valence-corrected chi connectivity index (χ2v) is 7.40. The van der Waals surface area contributed by atoms with Gasteiger partial charge in [0.05, 0.1) is 21.6 Å². The summed E-state index contributed by atoms with van der Waals surface area (Å²) in [4.78, 5) is 18.1. The molecule has 1 aromatic carbocycles. The molecule has 1 amide bonds. The quantitative estimate of drug-likeness (QED) is 0.717. The van der Waals surface area contributed by atoms with Gasteiger partial charge in [0.25, 0.3) is 5.91 Å². The van der Waals surface area contributed by atoms with Gasteiger partial charge >= 0.3 is 0 Å². The molecule has 1 aliphatic heterocycles. The lowest BCUT2D eigenvalue weighted by Crippen LogP contribution is -2.37. The topological polar surface area (TPSA) is 81.1 Å². The van der Waals surface area contributed by atoms with E-state index < -0.39 is 0 Å². The molecule has 0 radical (unpaired) electrons. The number of ether oxygens (including phenoxy) is 1. The molecule has 7 nitrogen and oxygen atoms in total. The average molecular weight is 371 g/mol. The Morgan fingerprint density at radius 2 is 2.38 bits per heavy atom. The van der Waals surface area contributed by atoms with E-state index in [0.29, 0.717) is 12.3 Å². The van der Waals surface area contributed by atoms with Crippen molar-refractivity contribution in [3.05, 3.63) is 40.0 Å². The monoisotopic (exact) mass is 371 g/mol. The van der Waals surface area contributed by atoms with Gasteiger partial charge in [-0.1, -0.05) is 0 Å². The Labute approximate surface area is 155 Å². The summed E-state index contributed by atoms with van der Waals surface area (Å²) < 4.78 is 7.55. The minimum Gasteiger partial charge on any atom is -0.488 e. The first kappa shape index (κ1) is 17.0. The van der Waals surface area contributed by atoms with Crippen molar-refractivity contribution in [2.75, 3.05) is 13.1 Å². The molecule has 26 heavy (non-hydrogen) atoms. The molecule has 8 heteroatoms. The van der Waals surface area contributed by atoms with Crippen LogP contribution in [0.4, 0.5) is 0 Å². The first-order chi connectivity index (χ1) is 12.6. The van der Waals surface area contributed by atoms with Crippen LogP contribution < -0.4 is 15.4 Å². The summed E-state index contributed by atoms with van der Waals surface area (Å²) in [6.07, 6.45) is 0.948. The van der Waals surface area contributed by atoms with Crippen molar-refractivity contribution in [1.82, 2.24) is 25.4 Å². The molecule has 136 valence electrons. The summed E-state index contributed by atoms with van der Waals surface area (Å²) in [7, 11) is 1.79. The molecule has 1 unspecified atom stereocenters. The van der Waals surface area contributed by atoms with Crippen LogP contribution in [0, 0.1) is 6.92 Å². The Kier molecular flexibility index (Phi) is 4.60. The Hall–Kier alpha value is -2.45. The summed E-state index contributed by atoms with van der Waals surface area (Å²) in [5, 5.41) is 11.6. The fourth-order valence-electron chi connectivity index (χ4n) is 3.18. The van der Waals surface area contributed by atoms with Gasteiger partial charge in [0, 0.05) is 25.0 Å². The molecule has 0 bridgehead atoms. The zero-order chi connectivity index (χ0) is 18.1. The number of benzene rings is 1. The number of aryl methyl sites for hydroxylation is 2. The molecule has 4 rings (SSSR count). The molecule has 0 spiro atoms. The maximum Gasteiger partial charge on any atom is 0.270 e. The molecule has 0 aliphatic carbocycles. The van der Waals surface area contributed by atoms with E-state index in [9.17, 15) is 4.79 Å². The predicted octanol–water partition coefficient (Wildman–Crippen LogP) is 2.01. The number of hydrogen-bond acceptors (Lipinski definition) is 6. The van der Waals surface area contributed by atoms with E-state index in [-0.39, 0.29) is 11.9 Å². The highest BCUT2D eigenvalue weighted by molar-refractivity contribution is 7.09. The Morgan fingerprint density at radius 1 is 1.50 bits per heavy atom. The minimum atomic E-state index is -0.0980. The molecule has 2 aromatic heterocycles. The van der Waals surface area contributed by atoms with Crippen LogP contribution in [-0.2, 0) is 13.7 Å². The van der Waals surface area contributed by atoms with Crippen molar-refractivity contribution in [2.45, 2.75) is 26.0 Å². The van der Waals surface area contributed by atoms with E-state index >= 15 is 0 Å². The Bertz CT molecular complexity index is 942. The highest BCUT2D eigenvalue weighted by Gasteiger charge is 2.22. The average Bonchev–Trinajstić information content (AvgIpc) is 3.32. The molecule has 3 heterocycles. The molecule has 1 aliphatic rings. The van der Waals surface area contributed by atoms with Crippen molar-refractivity contribution < 1.29 is 9.53 Å². The minimum absolute atomic E-state index is 0.0980. The number of nitrogens with one attached hydrogen (secondary N) is 2. The normalized spacial score (nSPS) is 16.9. The summed E-state index contributed by atoms with van der Waals surface area (Å²) in [5.41, 5.74) is 4.15. The van der Waals surface area contributed by atoms with Crippen LogP contribution in [0.15, 0.2) is 23.7 Å². The third-order valence-corrected chi connectivity index (χ3v) is 5.54. The zero-order valence-corrected chi connectivity index (χ0v) is 15.6. The highest BCUT2D eigenvalue weighted by atomic mass is 32.1. The van der Waals surface area contributed by atoms with Gasteiger partial charge < -0.3 is 15.4 Å². The fourth-order valence-corrected chi connectivity index (χ4v) is 3.87. The molecule has 0 saturated carbocycles. The smallest absolute Gasteiger partial charge is 0.270 e. The highest BCUT2D eigenvalue weighted by Crippen LogP contribution is 2.25. The number of carbonyl (C=O) groups excluding carboxylic acids is 1. The summed E-state index contributed by atoms with van der Waals surface area (Å²) in [6, 6.07) is 5.83. The Morgan fingerprint density at radius 3 is 3.12 bits per heavy atom. The van der Waals surface area contributed by atoms with Crippen molar-refractivity contribution >= 4 is 28.1 Å². The largest absolute Gasteiger partial charge is 0.488 e. The van der Waals surface area contributed by atoms with Crippen molar-refractivity contribution in [2.24, 2.45) is 7.05 Å². The van der Waals surface area contributed by atoms with E-state index in [1.165, 1.54) is 0 Å². The van der Waals surface area contributed by atoms with Gasteiger partial charge in [0.2, 0.25) is 0 Å². The van der Waals surface area contributed by atoms with Gasteiger partial charge in [-0.15, -0.1) is 11.3 Å². The van der Waals surface area contributed by atoms with E-state index in [0.717, 1.165) is 46.7 Å². The maximum atomic E-state index is 12.8. The maximum absolute atomic E-state index is 12.8. The molecule has 2 N–H and O–H groups in total. The van der Waals surface area contributed by atoms with Crippen LogP contribution in [0.5, 0.6) is 5.75 Å². The number of amides is 1. The third-order valence-electron chi connectivity index (χ3n) is 4.63. The lowest BCUT2D eigenvalue weighted by molar-refractivity contribution is 0.0932. The van der Waals surface area contributed by atoms with Gasteiger partial charge in [-0.2, -0.15) is 5.10 Å². The molecule has 1 fully saturated rings. The number of fused-ring (bicyclic) bond motifs is 1. The van der Waals surface area contributed by atoms with E-state index in [1.807, 2.05) is 30.6 Å². The number of carbonyl (C=O) groups is 1. The first-order valence-corrected chi connectivity index (χ1v) is 9.50. The first-order valence-electron chi connectivity index (χ1n) is 8.62. The fraction of sp³-hybridized carbons (Fsp3) is 0.389. The van der Waals surface area contributed by atoms with Gasteiger partial charge in [0.1, 0.15) is 18.1 Å². The summed E-state index contributed by atoms with van der Waals surface area (Å²) in [6.45, 7) is 4.19. The van der Waals surface area contributed by atoms with Crippen LogP contribution >= 0.6 is 11.3 Å². The van der Waals surface area contributed by atoms with Crippen LogP contribution in [-0.4, -0.2) is 39.8 Å². The van der Waals surface area contributed by atoms with E-state index in [2.05, 4.69) is 20.7 Å². The second kappa shape index (κ2) is 7.05. The van der Waals surface area contributed by atoms with Crippen LogP contribution in [0.3, 0.4) is 0 Å². The molecular weight excluding hydrogens is 350 g/mol. The Balaban J connectivity index is 1.57. The lowest BCUT2D eigenvalue weighted by Gasteiger charge is -2.11. The molecule has 1 atom stereocenters. The van der Waals surface area contributed by atoms with E-state index in [1.54, 1.807) is 23.1 Å². The second-order valence-electron chi connectivity index (χ2n) is 6.46. The van der Waals surface area contributed by atoms with E-state index in [4.69, 9.17) is 4.74 Å². The van der Waals surface area contributed by atoms with Crippen molar-refractivity contribution in [3.8, 4) is 5.75 Å². The molecular formula is C18H21N5O2S. The zero-order valence-electron chi connectivity index (χ0n) is 14.8. The lowest BCUT2D eigenvalue weighted by atomic mass is 10.1. The summed E-state index contributed by atoms with van der Waals surface area (Å²) in [5.74, 6) is 0.619. The number of thiazole rings is 1. The number of aromatic nitrogens is 3. The third kappa shape index (κ3) is 3.30. The SMILES string of the molecule is Cc1ncsc1COc1ccc2nn(C)c(C(=O)NC3CCNC3)c2c1. The van der Waals surface area contributed by atoms with Gasteiger partial charge in [0.15, 0.2) is 0 Å². The number of nitrogens with zero attached hydrogens (tertiary/aromatic N) is 3. The van der Waals surface area contributed by atoms with Crippen molar-refractivity contribution in [3.63, 3.8) is 0 Å². The number of rotatable bonds is 5.